The summed E-state index contributed by atoms with van der Waals surface area (Å²) in [5.41, 5.74) is 0.487. The predicted octanol–water partition coefficient (Wildman–Crippen LogP) is 3.40. The number of piperidine rings is 1. The molecule has 1 fully saturated rings. The molecule has 0 saturated carbocycles. The van der Waals surface area contributed by atoms with Gasteiger partial charge in [0.2, 0.25) is 0 Å². The van der Waals surface area contributed by atoms with Gasteiger partial charge in [-0.3, -0.25) is 9.59 Å². The molecular formula is C22H23FN2O5. The second-order valence-corrected chi connectivity index (χ2v) is 6.83. The van der Waals surface area contributed by atoms with Crippen LogP contribution in [-0.2, 0) is 4.74 Å². The number of benzene rings is 2. The lowest BCUT2D eigenvalue weighted by Gasteiger charge is -2.32. The standard InChI is InChI=1S/C22H23FN2O5/c1-2-29-22(28)30-17-9-7-15(8-10-17)21(27)25-13-11-16(12-14-25)24-20(26)18-5-3-4-6-19(18)23/h3-10,16H,2,11-14H2,1H3,(H,24,26). The Morgan fingerprint density at radius 3 is 2.37 bits per heavy atom. The van der Waals surface area contributed by atoms with E-state index in [9.17, 15) is 18.8 Å². The highest BCUT2D eigenvalue weighted by Gasteiger charge is 2.25. The number of rotatable bonds is 5. The van der Waals surface area contributed by atoms with E-state index < -0.39 is 17.9 Å². The fourth-order valence-corrected chi connectivity index (χ4v) is 3.23. The third kappa shape index (κ3) is 5.34. The zero-order valence-corrected chi connectivity index (χ0v) is 16.6. The van der Waals surface area contributed by atoms with Crippen molar-refractivity contribution in [3.8, 4) is 5.75 Å². The molecule has 1 heterocycles. The minimum Gasteiger partial charge on any atom is -0.434 e. The van der Waals surface area contributed by atoms with Gasteiger partial charge in [0.1, 0.15) is 11.6 Å². The second-order valence-electron chi connectivity index (χ2n) is 6.83. The largest absolute Gasteiger partial charge is 0.513 e. The third-order valence-electron chi connectivity index (χ3n) is 4.80. The Kier molecular flexibility index (Phi) is 7.00. The molecule has 8 heteroatoms. The van der Waals surface area contributed by atoms with Gasteiger partial charge in [-0.25, -0.2) is 9.18 Å². The van der Waals surface area contributed by atoms with Gasteiger partial charge in [0, 0.05) is 24.7 Å². The van der Waals surface area contributed by atoms with E-state index in [0.717, 1.165) is 0 Å². The van der Waals surface area contributed by atoms with Crippen LogP contribution in [0.2, 0.25) is 0 Å². The van der Waals surface area contributed by atoms with Crippen molar-refractivity contribution in [2.75, 3.05) is 19.7 Å². The van der Waals surface area contributed by atoms with Crippen LogP contribution in [0.4, 0.5) is 9.18 Å². The lowest BCUT2D eigenvalue weighted by molar-refractivity contribution is 0.0698. The monoisotopic (exact) mass is 414 g/mol. The molecule has 1 N–H and O–H groups in total. The van der Waals surface area contributed by atoms with Gasteiger partial charge in [-0.2, -0.15) is 0 Å². The molecule has 0 aromatic heterocycles. The van der Waals surface area contributed by atoms with Crippen LogP contribution in [0.15, 0.2) is 48.5 Å². The number of nitrogens with one attached hydrogen (secondary N) is 1. The first-order valence-corrected chi connectivity index (χ1v) is 9.77. The second kappa shape index (κ2) is 9.87. The van der Waals surface area contributed by atoms with Gasteiger partial charge in [-0.1, -0.05) is 12.1 Å². The number of carbonyl (C=O) groups is 3. The Morgan fingerprint density at radius 1 is 1.07 bits per heavy atom. The molecule has 3 rings (SSSR count). The van der Waals surface area contributed by atoms with E-state index in [0.29, 0.717) is 37.2 Å². The number of carbonyl (C=O) groups excluding carboxylic acids is 3. The lowest BCUT2D eigenvalue weighted by Crippen LogP contribution is -2.46. The van der Waals surface area contributed by atoms with Crippen molar-refractivity contribution in [2.24, 2.45) is 0 Å². The number of likely N-dealkylation sites (tertiary alicyclic amines) is 1. The summed E-state index contributed by atoms with van der Waals surface area (Å²) in [5, 5.41) is 2.83. The minimum absolute atomic E-state index is 0.0149. The van der Waals surface area contributed by atoms with E-state index in [2.05, 4.69) is 5.32 Å². The number of hydrogen-bond acceptors (Lipinski definition) is 5. The van der Waals surface area contributed by atoms with Gasteiger partial charge >= 0.3 is 6.16 Å². The molecule has 30 heavy (non-hydrogen) atoms. The SMILES string of the molecule is CCOC(=O)Oc1ccc(C(=O)N2CCC(NC(=O)c3ccccc3F)CC2)cc1. The van der Waals surface area contributed by atoms with Crippen LogP contribution < -0.4 is 10.1 Å². The van der Waals surface area contributed by atoms with Crippen molar-refractivity contribution in [2.45, 2.75) is 25.8 Å². The Balaban J connectivity index is 1.51. The first-order valence-electron chi connectivity index (χ1n) is 9.77. The van der Waals surface area contributed by atoms with E-state index in [4.69, 9.17) is 9.47 Å². The fraction of sp³-hybridized carbons (Fsp3) is 0.318. The molecule has 2 aromatic rings. The van der Waals surface area contributed by atoms with E-state index in [-0.39, 0.29) is 24.1 Å². The van der Waals surface area contributed by atoms with E-state index in [1.165, 1.54) is 30.3 Å². The quantitative estimate of drug-likeness (QED) is 0.599. The summed E-state index contributed by atoms with van der Waals surface area (Å²) in [5.74, 6) is -0.857. The summed E-state index contributed by atoms with van der Waals surface area (Å²) in [4.78, 5) is 38.0. The summed E-state index contributed by atoms with van der Waals surface area (Å²) in [6.07, 6.45) is 0.363. The Labute approximate surface area is 173 Å². The lowest BCUT2D eigenvalue weighted by atomic mass is 10.0. The maximum Gasteiger partial charge on any atom is 0.513 e. The highest BCUT2D eigenvalue weighted by atomic mass is 19.1. The Hall–Kier alpha value is -3.42. The Bertz CT molecular complexity index is 908. The number of halogens is 1. The van der Waals surface area contributed by atoms with Crippen LogP contribution in [-0.4, -0.2) is 48.6 Å². The van der Waals surface area contributed by atoms with Gasteiger partial charge in [0.15, 0.2) is 0 Å². The summed E-state index contributed by atoms with van der Waals surface area (Å²) < 4.78 is 23.4. The summed E-state index contributed by atoms with van der Waals surface area (Å²) in [7, 11) is 0. The highest BCUT2D eigenvalue weighted by molar-refractivity contribution is 5.95. The zero-order chi connectivity index (χ0) is 21.5. The molecular weight excluding hydrogens is 391 g/mol. The van der Waals surface area contributed by atoms with E-state index in [1.807, 2.05) is 0 Å². The van der Waals surface area contributed by atoms with Crippen LogP contribution >= 0.6 is 0 Å². The molecule has 0 atom stereocenters. The molecule has 158 valence electrons. The predicted molar refractivity (Wildman–Crippen MR) is 107 cm³/mol. The maximum absolute atomic E-state index is 13.7. The summed E-state index contributed by atoms with van der Waals surface area (Å²) in [6, 6.07) is 12.0. The molecule has 2 aromatic carbocycles. The van der Waals surface area contributed by atoms with Crippen LogP contribution in [0.3, 0.4) is 0 Å². The van der Waals surface area contributed by atoms with Crippen molar-refractivity contribution in [3.05, 3.63) is 65.5 Å². The zero-order valence-electron chi connectivity index (χ0n) is 16.6. The minimum atomic E-state index is -0.795. The molecule has 0 radical (unpaired) electrons. The van der Waals surface area contributed by atoms with Gasteiger partial charge in [0.25, 0.3) is 11.8 Å². The van der Waals surface area contributed by atoms with Crippen molar-refractivity contribution in [1.29, 1.82) is 0 Å². The van der Waals surface area contributed by atoms with Crippen molar-refractivity contribution >= 4 is 18.0 Å². The van der Waals surface area contributed by atoms with Gasteiger partial charge < -0.3 is 19.7 Å². The first-order chi connectivity index (χ1) is 14.5. The van der Waals surface area contributed by atoms with Gasteiger partial charge in [-0.05, 0) is 56.2 Å². The maximum atomic E-state index is 13.7. The summed E-state index contributed by atoms with van der Waals surface area (Å²) >= 11 is 0. The smallest absolute Gasteiger partial charge is 0.434 e. The van der Waals surface area contributed by atoms with E-state index in [1.54, 1.807) is 30.0 Å². The fourth-order valence-electron chi connectivity index (χ4n) is 3.23. The molecule has 7 nitrogen and oxygen atoms in total. The van der Waals surface area contributed by atoms with E-state index >= 15 is 0 Å². The molecule has 1 saturated heterocycles. The number of ether oxygens (including phenoxy) is 2. The summed E-state index contributed by atoms with van der Waals surface area (Å²) in [6.45, 7) is 2.84. The first kappa shape index (κ1) is 21.3. The average molecular weight is 414 g/mol. The van der Waals surface area contributed by atoms with Crippen molar-refractivity contribution < 1.29 is 28.2 Å². The molecule has 1 aliphatic heterocycles. The van der Waals surface area contributed by atoms with Crippen LogP contribution in [0, 0.1) is 5.82 Å². The molecule has 0 spiro atoms. The van der Waals surface area contributed by atoms with Crippen LogP contribution in [0.5, 0.6) is 5.75 Å². The number of hydrogen-bond donors (Lipinski definition) is 1. The molecule has 1 aliphatic rings. The van der Waals surface area contributed by atoms with Crippen molar-refractivity contribution in [1.82, 2.24) is 10.2 Å². The van der Waals surface area contributed by atoms with Crippen LogP contribution in [0.1, 0.15) is 40.5 Å². The normalized spacial score (nSPS) is 14.1. The van der Waals surface area contributed by atoms with Crippen molar-refractivity contribution in [3.63, 3.8) is 0 Å². The van der Waals surface area contributed by atoms with Gasteiger partial charge in [0.05, 0.1) is 12.2 Å². The average Bonchev–Trinajstić information content (AvgIpc) is 2.75. The molecule has 0 unspecified atom stereocenters. The third-order valence-corrected chi connectivity index (χ3v) is 4.80. The van der Waals surface area contributed by atoms with Gasteiger partial charge in [-0.15, -0.1) is 0 Å². The Morgan fingerprint density at radius 2 is 1.73 bits per heavy atom. The number of amides is 2. The topological polar surface area (TPSA) is 84.9 Å². The molecule has 2 amide bonds. The molecule has 0 aliphatic carbocycles. The van der Waals surface area contributed by atoms with Crippen LogP contribution in [0.25, 0.3) is 0 Å². The molecule has 0 bridgehead atoms. The number of nitrogens with zero attached hydrogens (tertiary/aromatic N) is 1. The highest BCUT2D eigenvalue weighted by Crippen LogP contribution is 2.18.